The van der Waals surface area contributed by atoms with Crippen molar-refractivity contribution >= 4 is 11.9 Å². The maximum Gasteiger partial charge on any atom is 0.313 e. The Kier molecular flexibility index (Phi) is 2.81. The summed E-state index contributed by atoms with van der Waals surface area (Å²) >= 11 is 0. The third-order valence-corrected chi connectivity index (χ3v) is 4.34. The molecule has 3 unspecified atom stereocenters. The molecule has 1 aromatic rings. The number of piperidine rings is 1. The molecule has 1 fully saturated rings. The van der Waals surface area contributed by atoms with Crippen LogP contribution in [-0.2, 0) is 4.79 Å². The van der Waals surface area contributed by atoms with Crippen molar-refractivity contribution in [1.82, 2.24) is 4.90 Å². The highest BCUT2D eigenvalue weighted by atomic mass is 16.4. The fourth-order valence-electron chi connectivity index (χ4n) is 3.37. The Morgan fingerprint density at radius 3 is 2.84 bits per heavy atom. The third kappa shape index (κ3) is 1.82. The molecular formula is C15H17NO3. The first kappa shape index (κ1) is 12.2. The largest absolute Gasteiger partial charge is 0.481 e. The molecule has 0 radical (unpaired) electrons. The van der Waals surface area contributed by atoms with Gasteiger partial charge in [0, 0.05) is 18.2 Å². The second-order valence-corrected chi connectivity index (χ2v) is 5.60. The molecule has 1 N–H and O–H groups in total. The van der Waals surface area contributed by atoms with Crippen LogP contribution >= 0.6 is 0 Å². The molecule has 0 bridgehead atoms. The van der Waals surface area contributed by atoms with Crippen molar-refractivity contribution in [1.29, 1.82) is 0 Å². The monoisotopic (exact) mass is 259 g/mol. The van der Waals surface area contributed by atoms with Crippen molar-refractivity contribution in [3.05, 3.63) is 35.4 Å². The van der Waals surface area contributed by atoms with Crippen molar-refractivity contribution < 1.29 is 14.7 Å². The lowest BCUT2D eigenvalue weighted by molar-refractivity contribution is -0.141. The second kappa shape index (κ2) is 4.37. The number of nitrogens with zero attached hydrogens (tertiary/aromatic N) is 1. The summed E-state index contributed by atoms with van der Waals surface area (Å²) in [6.45, 7) is 2.80. The van der Waals surface area contributed by atoms with Crippen molar-refractivity contribution in [3.8, 4) is 0 Å². The Hall–Kier alpha value is -1.84. The van der Waals surface area contributed by atoms with Gasteiger partial charge in [-0.25, -0.2) is 0 Å². The number of carboxylic acids is 1. The third-order valence-electron chi connectivity index (χ3n) is 4.34. The maximum atomic E-state index is 12.5. The van der Waals surface area contributed by atoms with E-state index >= 15 is 0 Å². The first-order valence-electron chi connectivity index (χ1n) is 6.72. The quantitative estimate of drug-likeness (QED) is 0.840. The van der Waals surface area contributed by atoms with Crippen molar-refractivity contribution in [2.24, 2.45) is 5.92 Å². The van der Waals surface area contributed by atoms with Crippen molar-refractivity contribution in [2.75, 3.05) is 6.54 Å². The summed E-state index contributed by atoms with van der Waals surface area (Å²) in [6, 6.07) is 6.93. The van der Waals surface area contributed by atoms with E-state index in [1.54, 1.807) is 23.1 Å². The van der Waals surface area contributed by atoms with Crippen LogP contribution in [0.3, 0.4) is 0 Å². The molecule has 1 amide bonds. The number of carbonyl (C=O) groups excluding carboxylic acids is 1. The SMILES string of the molecule is CC1CCN2C(=O)c3ccccc3C(C(=O)O)C2C1. The van der Waals surface area contributed by atoms with Gasteiger partial charge in [0.05, 0.1) is 0 Å². The van der Waals surface area contributed by atoms with Gasteiger partial charge in [-0.3, -0.25) is 9.59 Å². The molecule has 0 saturated carbocycles. The van der Waals surface area contributed by atoms with Gasteiger partial charge >= 0.3 is 5.97 Å². The van der Waals surface area contributed by atoms with Gasteiger partial charge < -0.3 is 10.0 Å². The molecule has 0 aliphatic carbocycles. The van der Waals surface area contributed by atoms with Crippen LogP contribution in [0.25, 0.3) is 0 Å². The first-order valence-corrected chi connectivity index (χ1v) is 6.72. The summed E-state index contributed by atoms with van der Waals surface area (Å²) in [5.74, 6) is -0.952. The Bertz CT molecular complexity index is 540. The minimum atomic E-state index is -0.830. The van der Waals surface area contributed by atoms with E-state index in [0.29, 0.717) is 23.6 Å². The maximum absolute atomic E-state index is 12.5. The number of fused-ring (bicyclic) bond motifs is 2. The van der Waals surface area contributed by atoms with Crippen LogP contribution in [0.4, 0.5) is 0 Å². The average Bonchev–Trinajstić information content (AvgIpc) is 2.38. The number of benzene rings is 1. The van der Waals surface area contributed by atoms with E-state index in [-0.39, 0.29) is 11.9 Å². The highest BCUT2D eigenvalue weighted by Gasteiger charge is 2.45. The Balaban J connectivity index is 2.12. The number of carbonyl (C=O) groups is 2. The van der Waals surface area contributed by atoms with Crippen molar-refractivity contribution in [3.63, 3.8) is 0 Å². The van der Waals surface area contributed by atoms with Crippen molar-refractivity contribution in [2.45, 2.75) is 31.7 Å². The van der Waals surface area contributed by atoms with E-state index in [1.807, 2.05) is 6.07 Å². The highest BCUT2D eigenvalue weighted by molar-refractivity contribution is 6.00. The van der Waals surface area contributed by atoms with Gasteiger partial charge in [0.25, 0.3) is 5.91 Å². The minimum Gasteiger partial charge on any atom is -0.481 e. The molecule has 19 heavy (non-hydrogen) atoms. The number of amides is 1. The van der Waals surface area contributed by atoms with Gasteiger partial charge in [-0.05, 0) is 30.4 Å². The van der Waals surface area contributed by atoms with Crippen LogP contribution in [-0.4, -0.2) is 34.5 Å². The average molecular weight is 259 g/mol. The molecule has 1 aromatic carbocycles. The first-order chi connectivity index (χ1) is 9.09. The molecule has 2 aliphatic heterocycles. The highest BCUT2D eigenvalue weighted by Crippen LogP contribution is 2.39. The lowest BCUT2D eigenvalue weighted by atomic mass is 9.76. The van der Waals surface area contributed by atoms with Crippen LogP contribution < -0.4 is 0 Å². The second-order valence-electron chi connectivity index (χ2n) is 5.60. The standard InChI is InChI=1S/C15H17NO3/c1-9-6-7-16-12(8-9)13(15(18)19)10-4-2-3-5-11(10)14(16)17/h2-5,9,12-13H,6-8H2,1H3,(H,18,19). The zero-order valence-corrected chi connectivity index (χ0v) is 10.9. The van der Waals surface area contributed by atoms with Crippen LogP contribution in [0.5, 0.6) is 0 Å². The van der Waals surface area contributed by atoms with Crippen LogP contribution in [0, 0.1) is 5.92 Å². The Morgan fingerprint density at radius 1 is 1.37 bits per heavy atom. The molecule has 4 heteroatoms. The lowest BCUT2D eigenvalue weighted by Gasteiger charge is -2.45. The number of carboxylic acid groups (broad SMARTS) is 1. The summed E-state index contributed by atoms with van der Waals surface area (Å²) in [5, 5.41) is 9.56. The fraction of sp³-hybridized carbons (Fsp3) is 0.467. The van der Waals surface area contributed by atoms with Gasteiger partial charge in [0.15, 0.2) is 0 Å². The normalized spacial score (nSPS) is 29.6. The smallest absolute Gasteiger partial charge is 0.313 e. The molecular weight excluding hydrogens is 242 g/mol. The summed E-state index contributed by atoms with van der Waals surface area (Å²) in [4.78, 5) is 25.9. The number of hydrogen-bond acceptors (Lipinski definition) is 2. The van der Waals surface area contributed by atoms with Crippen LogP contribution in [0.1, 0.15) is 41.6 Å². The summed E-state index contributed by atoms with van der Waals surface area (Å²) < 4.78 is 0. The van der Waals surface area contributed by atoms with Gasteiger partial charge in [-0.2, -0.15) is 0 Å². The van der Waals surface area contributed by atoms with E-state index in [9.17, 15) is 14.7 Å². The summed E-state index contributed by atoms with van der Waals surface area (Å²) in [5.41, 5.74) is 1.23. The Labute approximate surface area is 112 Å². The predicted molar refractivity (Wildman–Crippen MR) is 70.0 cm³/mol. The predicted octanol–water partition coefficient (Wildman–Crippen LogP) is 2.11. The molecule has 2 heterocycles. The Morgan fingerprint density at radius 2 is 2.11 bits per heavy atom. The van der Waals surface area contributed by atoms with E-state index in [1.165, 1.54) is 0 Å². The molecule has 0 spiro atoms. The molecule has 1 saturated heterocycles. The summed E-state index contributed by atoms with van der Waals surface area (Å²) in [7, 11) is 0. The molecule has 4 nitrogen and oxygen atoms in total. The van der Waals surface area contributed by atoms with Gasteiger partial charge in [0.1, 0.15) is 5.92 Å². The molecule has 3 atom stereocenters. The topological polar surface area (TPSA) is 57.6 Å². The van der Waals surface area contributed by atoms with Crippen LogP contribution in [0.2, 0.25) is 0 Å². The van der Waals surface area contributed by atoms with Gasteiger partial charge in [-0.15, -0.1) is 0 Å². The van der Waals surface area contributed by atoms with E-state index in [4.69, 9.17) is 0 Å². The zero-order chi connectivity index (χ0) is 13.6. The summed E-state index contributed by atoms with van der Waals surface area (Å²) in [6.07, 6.45) is 1.73. The molecule has 2 aliphatic rings. The molecule has 100 valence electrons. The zero-order valence-electron chi connectivity index (χ0n) is 10.9. The molecule has 0 aromatic heterocycles. The number of hydrogen-bond donors (Lipinski definition) is 1. The van der Waals surface area contributed by atoms with E-state index in [0.717, 1.165) is 12.8 Å². The van der Waals surface area contributed by atoms with Crippen LogP contribution in [0.15, 0.2) is 24.3 Å². The number of aliphatic carboxylic acids is 1. The van der Waals surface area contributed by atoms with Gasteiger partial charge in [-0.1, -0.05) is 25.1 Å². The van der Waals surface area contributed by atoms with E-state index < -0.39 is 11.9 Å². The van der Waals surface area contributed by atoms with E-state index in [2.05, 4.69) is 6.92 Å². The lowest BCUT2D eigenvalue weighted by Crippen LogP contribution is -2.53. The minimum absolute atomic E-state index is 0.00926. The van der Waals surface area contributed by atoms with Gasteiger partial charge in [0.2, 0.25) is 0 Å². The number of rotatable bonds is 1. The molecule has 3 rings (SSSR count). The fourth-order valence-corrected chi connectivity index (χ4v) is 3.37.